The summed E-state index contributed by atoms with van der Waals surface area (Å²) in [5.41, 5.74) is 0.401. The van der Waals surface area contributed by atoms with Crippen LogP contribution < -0.4 is 5.32 Å². The SMILES string of the molecule is COC(=O)[C@@H](NCc1nnsc1Cl)C(C)(C)C. The molecular formula is C10H16ClN3O2S. The highest BCUT2D eigenvalue weighted by atomic mass is 35.5. The number of nitrogens with one attached hydrogen (secondary N) is 1. The van der Waals surface area contributed by atoms with Gasteiger partial charge in [0.25, 0.3) is 0 Å². The van der Waals surface area contributed by atoms with Crippen LogP contribution in [0.25, 0.3) is 0 Å². The van der Waals surface area contributed by atoms with Crippen LogP contribution in [0.15, 0.2) is 0 Å². The zero-order valence-corrected chi connectivity index (χ0v) is 11.9. The monoisotopic (exact) mass is 277 g/mol. The lowest BCUT2D eigenvalue weighted by Crippen LogP contribution is -2.46. The first-order chi connectivity index (χ1) is 7.86. The number of nitrogens with zero attached hydrogens (tertiary/aromatic N) is 2. The lowest BCUT2D eigenvalue weighted by Gasteiger charge is -2.28. The van der Waals surface area contributed by atoms with E-state index < -0.39 is 6.04 Å². The molecule has 0 saturated carbocycles. The van der Waals surface area contributed by atoms with Gasteiger partial charge < -0.3 is 4.74 Å². The molecule has 1 aromatic heterocycles. The van der Waals surface area contributed by atoms with Gasteiger partial charge >= 0.3 is 5.97 Å². The predicted octanol–water partition coefficient (Wildman–Crippen LogP) is 1.87. The average molecular weight is 278 g/mol. The fourth-order valence-corrected chi connectivity index (χ4v) is 1.99. The van der Waals surface area contributed by atoms with Gasteiger partial charge in [-0.2, -0.15) is 0 Å². The summed E-state index contributed by atoms with van der Waals surface area (Å²) in [6.45, 7) is 6.28. The van der Waals surface area contributed by atoms with Crippen molar-refractivity contribution in [3.05, 3.63) is 10.0 Å². The third-order valence-electron chi connectivity index (χ3n) is 2.29. The van der Waals surface area contributed by atoms with Gasteiger partial charge in [0.1, 0.15) is 16.1 Å². The number of hydrogen-bond donors (Lipinski definition) is 1. The fourth-order valence-electron chi connectivity index (χ4n) is 1.36. The van der Waals surface area contributed by atoms with Crippen molar-refractivity contribution in [2.24, 2.45) is 5.41 Å². The molecular weight excluding hydrogens is 262 g/mol. The number of carbonyl (C=O) groups excluding carboxylic acids is 1. The van der Waals surface area contributed by atoms with E-state index in [4.69, 9.17) is 16.3 Å². The highest BCUT2D eigenvalue weighted by Crippen LogP contribution is 2.22. The Morgan fingerprint density at radius 2 is 2.24 bits per heavy atom. The summed E-state index contributed by atoms with van der Waals surface area (Å²) in [7, 11) is 1.38. The molecule has 0 spiro atoms. The second kappa shape index (κ2) is 5.75. The van der Waals surface area contributed by atoms with Gasteiger partial charge in [0.15, 0.2) is 0 Å². The molecule has 96 valence electrons. The Kier molecular flexibility index (Phi) is 4.85. The molecule has 1 N–H and O–H groups in total. The molecule has 0 aromatic carbocycles. The molecule has 5 nitrogen and oxygen atoms in total. The Morgan fingerprint density at radius 1 is 1.59 bits per heavy atom. The Balaban J connectivity index is 2.69. The predicted molar refractivity (Wildman–Crippen MR) is 67.0 cm³/mol. The molecule has 0 aliphatic carbocycles. The van der Waals surface area contributed by atoms with Crippen molar-refractivity contribution in [3.8, 4) is 0 Å². The number of ether oxygens (including phenoxy) is 1. The molecule has 0 radical (unpaired) electrons. The molecule has 0 bridgehead atoms. The molecule has 0 fully saturated rings. The maximum absolute atomic E-state index is 11.7. The molecule has 0 aliphatic heterocycles. The number of esters is 1. The zero-order chi connectivity index (χ0) is 13.1. The maximum atomic E-state index is 11.7. The van der Waals surface area contributed by atoms with Crippen LogP contribution in [0, 0.1) is 5.41 Å². The van der Waals surface area contributed by atoms with Crippen molar-refractivity contribution < 1.29 is 9.53 Å². The Morgan fingerprint density at radius 3 is 2.65 bits per heavy atom. The van der Waals surface area contributed by atoms with E-state index in [0.717, 1.165) is 11.5 Å². The molecule has 0 saturated heterocycles. The second-order valence-electron chi connectivity index (χ2n) is 4.70. The van der Waals surface area contributed by atoms with Crippen molar-refractivity contribution in [2.45, 2.75) is 33.4 Å². The third-order valence-corrected chi connectivity index (χ3v) is 3.27. The van der Waals surface area contributed by atoms with Crippen molar-refractivity contribution in [1.82, 2.24) is 14.9 Å². The zero-order valence-electron chi connectivity index (χ0n) is 10.3. The lowest BCUT2D eigenvalue weighted by molar-refractivity contribution is -0.146. The van der Waals surface area contributed by atoms with Gasteiger partial charge in [-0.1, -0.05) is 36.9 Å². The number of rotatable bonds is 4. The van der Waals surface area contributed by atoms with Crippen molar-refractivity contribution in [2.75, 3.05) is 7.11 Å². The minimum atomic E-state index is -0.412. The summed E-state index contributed by atoms with van der Waals surface area (Å²) >= 11 is 7.01. The van der Waals surface area contributed by atoms with Crippen molar-refractivity contribution in [3.63, 3.8) is 0 Å². The van der Waals surface area contributed by atoms with E-state index in [1.807, 2.05) is 20.8 Å². The Labute approximate surface area is 110 Å². The fraction of sp³-hybridized carbons (Fsp3) is 0.700. The van der Waals surface area contributed by atoms with Crippen molar-refractivity contribution in [1.29, 1.82) is 0 Å². The van der Waals surface area contributed by atoms with E-state index in [2.05, 4.69) is 14.9 Å². The lowest BCUT2D eigenvalue weighted by atomic mass is 9.86. The van der Waals surface area contributed by atoms with E-state index in [1.165, 1.54) is 7.11 Å². The van der Waals surface area contributed by atoms with Crippen LogP contribution in [0.1, 0.15) is 26.5 Å². The number of aromatic nitrogens is 2. The quantitative estimate of drug-likeness (QED) is 0.851. The minimum absolute atomic E-state index is 0.247. The number of carbonyl (C=O) groups is 1. The molecule has 0 aliphatic rings. The Hall–Kier alpha value is -0.720. The van der Waals surface area contributed by atoms with Crippen LogP contribution >= 0.6 is 23.1 Å². The number of hydrogen-bond acceptors (Lipinski definition) is 6. The normalized spacial score (nSPS) is 13.5. The minimum Gasteiger partial charge on any atom is -0.468 e. The van der Waals surface area contributed by atoms with Gasteiger partial charge in [-0.3, -0.25) is 10.1 Å². The topological polar surface area (TPSA) is 64.1 Å². The summed E-state index contributed by atoms with van der Waals surface area (Å²) in [5, 5.41) is 6.98. The van der Waals surface area contributed by atoms with Crippen LogP contribution in [0.2, 0.25) is 4.34 Å². The number of halogens is 1. The summed E-state index contributed by atoms with van der Waals surface area (Å²) in [6.07, 6.45) is 0. The van der Waals surface area contributed by atoms with Gasteiger partial charge in [0.2, 0.25) is 0 Å². The smallest absolute Gasteiger partial charge is 0.323 e. The van der Waals surface area contributed by atoms with E-state index in [-0.39, 0.29) is 11.4 Å². The molecule has 1 rings (SSSR count). The largest absolute Gasteiger partial charge is 0.468 e. The van der Waals surface area contributed by atoms with Gasteiger partial charge in [-0.15, -0.1) is 5.10 Å². The summed E-state index contributed by atoms with van der Waals surface area (Å²) in [6, 6.07) is -0.412. The van der Waals surface area contributed by atoms with E-state index in [0.29, 0.717) is 16.6 Å². The molecule has 1 atom stereocenters. The van der Waals surface area contributed by atoms with E-state index >= 15 is 0 Å². The van der Waals surface area contributed by atoms with Gasteiger partial charge in [-0.25, -0.2) is 0 Å². The first-order valence-electron chi connectivity index (χ1n) is 5.14. The molecule has 1 aromatic rings. The standard InChI is InChI=1S/C10H16ClN3O2S/c1-10(2,3)7(9(15)16-4)12-5-6-8(11)17-14-13-6/h7,12H,5H2,1-4H3/t7-/m1/s1. The molecule has 0 amide bonds. The van der Waals surface area contributed by atoms with Gasteiger partial charge in [-0.05, 0) is 5.41 Å². The molecule has 0 unspecified atom stereocenters. The second-order valence-corrected chi connectivity index (χ2v) is 6.05. The van der Waals surface area contributed by atoms with Crippen LogP contribution in [0.4, 0.5) is 0 Å². The molecule has 1 heterocycles. The molecule has 7 heteroatoms. The summed E-state index contributed by atoms with van der Waals surface area (Å²) in [5.74, 6) is -0.295. The van der Waals surface area contributed by atoms with Crippen LogP contribution in [-0.2, 0) is 16.1 Å². The van der Waals surface area contributed by atoms with E-state index in [9.17, 15) is 4.79 Å². The Bertz CT molecular complexity index is 389. The third kappa shape index (κ3) is 3.90. The van der Waals surface area contributed by atoms with Gasteiger partial charge in [0.05, 0.1) is 7.11 Å². The highest BCUT2D eigenvalue weighted by Gasteiger charge is 2.32. The van der Waals surface area contributed by atoms with Crippen LogP contribution in [0.3, 0.4) is 0 Å². The highest BCUT2D eigenvalue weighted by molar-refractivity contribution is 7.10. The van der Waals surface area contributed by atoms with Crippen LogP contribution in [0.5, 0.6) is 0 Å². The average Bonchev–Trinajstić information content (AvgIpc) is 2.62. The first kappa shape index (κ1) is 14.3. The molecule has 17 heavy (non-hydrogen) atoms. The van der Waals surface area contributed by atoms with Gasteiger partial charge in [0, 0.05) is 18.1 Å². The first-order valence-corrected chi connectivity index (χ1v) is 6.29. The van der Waals surface area contributed by atoms with Crippen molar-refractivity contribution >= 4 is 29.1 Å². The summed E-state index contributed by atoms with van der Waals surface area (Å²) in [4.78, 5) is 11.7. The summed E-state index contributed by atoms with van der Waals surface area (Å²) < 4.78 is 9.04. The number of methoxy groups -OCH3 is 1. The maximum Gasteiger partial charge on any atom is 0.323 e. The van der Waals surface area contributed by atoms with Crippen LogP contribution in [-0.4, -0.2) is 28.7 Å². The van der Waals surface area contributed by atoms with E-state index in [1.54, 1.807) is 0 Å².